The first-order valence-electron chi connectivity index (χ1n) is 7.43. The number of nitrogens with zero attached hydrogens (tertiary/aromatic N) is 1. The first-order chi connectivity index (χ1) is 11.1. The van der Waals surface area contributed by atoms with E-state index in [1.807, 2.05) is 0 Å². The van der Waals surface area contributed by atoms with Crippen LogP contribution >= 0.6 is 11.8 Å². The largest absolute Gasteiger partial charge is 0.461 e. The molecule has 2 aromatic carbocycles. The van der Waals surface area contributed by atoms with Gasteiger partial charge in [0.2, 0.25) is 0 Å². The summed E-state index contributed by atoms with van der Waals surface area (Å²) in [5.41, 5.74) is 4.03. The van der Waals surface area contributed by atoms with Gasteiger partial charge in [0.1, 0.15) is 6.61 Å². The van der Waals surface area contributed by atoms with E-state index in [0.717, 1.165) is 5.56 Å². The summed E-state index contributed by atoms with van der Waals surface area (Å²) >= 11 is 1.66. The van der Waals surface area contributed by atoms with E-state index in [4.69, 9.17) is 10.00 Å². The van der Waals surface area contributed by atoms with Crippen molar-refractivity contribution in [1.82, 2.24) is 0 Å². The summed E-state index contributed by atoms with van der Waals surface area (Å²) < 4.78 is 5.25. The third-order valence-corrected chi connectivity index (χ3v) is 4.53. The van der Waals surface area contributed by atoms with Crippen LogP contribution in [-0.2, 0) is 16.1 Å². The fourth-order valence-corrected chi connectivity index (χ4v) is 2.90. The van der Waals surface area contributed by atoms with Crippen LogP contribution in [-0.4, -0.2) is 11.7 Å². The molecule has 0 fully saturated rings. The topological polar surface area (TPSA) is 50.1 Å². The minimum Gasteiger partial charge on any atom is -0.461 e. The summed E-state index contributed by atoms with van der Waals surface area (Å²) in [6.07, 6.45) is 0.383. The van der Waals surface area contributed by atoms with Gasteiger partial charge in [0.15, 0.2) is 0 Å². The highest BCUT2D eigenvalue weighted by atomic mass is 32.2. The molecule has 0 spiro atoms. The van der Waals surface area contributed by atoms with Crippen molar-refractivity contribution in [1.29, 1.82) is 5.26 Å². The Morgan fingerprint density at radius 1 is 1.13 bits per heavy atom. The second-order valence-corrected chi connectivity index (χ2v) is 6.48. The number of rotatable bonds is 6. The van der Waals surface area contributed by atoms with Crippen molar-refractivity contribution in [3.63, 3.8) is 0 Å². The standard InChI is InChI=1S/C19H19NO2S/c1-14-3-8-18(11-15(14)2)23-10-9-19(21)22-13-17-6-4-16(12-20)5-7-17/h3-8,11H,9-10,13H2,1-2H3. The van der Waals surface area contributed by atoms with Crippen molar-refractivity contribution in [3.8, 4) is 6.07 Å². The summed E-state index contributed by atoms with van der Waals surface area (Å²) in [7, 11) is 0. The maximum Gasteiger partial charge on any atom is 0.306 e. The van der Waals surface area contributed by atoms with Gasteiger partial charge in [0.25, 0.3) is 0 Å². The summed E-state index contributed by atoms with van der Waals surface area (Å²) in [5, 5.41) is 8.73. The zero-order chi connectivity index (χ0) is 16.7. The summed E-state index contributed by atoms with van der Waals surface area (Å²) in [6.45, 7) is 4.42. The molecule has 0 aliphatic carbocycles. The van der Waals surface area contributed by atoms with Crippen LogP contribution in [0.15, 0.2) is 47.4 Å². The van der Waals surface area contributed by atoms with Gasteiger partial charge in [-0.25, -0.2) is 0 Å². The van der Waals surface area contributed by atoms with Crippen molar-refractivity contribution in [2.45, 2.75) is 31.8 Å². The number of carbonyl (C=O) groups is 1. The van der Waals surface area contributed by atoms with Crippen LogP contribution in [0.3, 0.4) is 0 Å². The van der Waals surface area contributed by atoms with Crippen LogP contribution in [0, 0.1) is 25.2 Å². The first-order valence-corrected chi connectivity index (χ1v) is 8.42. The van der Waals surface area contributed by atoms with E-state index >= 15 is 0 Å². The molecule has 0 aliphatic rings. The second kappa shape index (κ2) is 8.40. The number of esters is 1. The molecular weight excluding hydrogens is 306 g/mol. The molecule has 118 valence electrons. The zero-order valence-corrected chi connectivity index (χ0v) is 14.2. The summed E-state index contributed by atoms with van der Waals surface area (Å²) in [6, 6.07) is 15.4. The Bertz CT molecular complexity index is 717. The number of nitriles is 1. The number of hydrogen-bond donors (Lipinski definition) is 0. The Hall–Kier alpha value is -2.25. The van der Waals surface area contributed by atoms with E-state index in [2.05, 4.69) is 38.1 Å². The smallest absolute Gasteiger partial charge is 0.306 e. The molecule has 0 saturated carbocycles. The van der Waals surface area contributed by atoms with Gasteiger partial charge >= 0.3 is 5.97 Å². The van der Waals surface area contributed by atoms with Gasteiger partial charge in [-0.15, -0.1) is 11.8 Å². The number of thioether (sulfide) groups is 1. The van der Waals surface area contributed by atoms with Gasteiger partial charge in [0.05, 0.1) is 18.1 Å². The first kappa shape index (κ1) is 17.1. The zero-order valence-electron chi connectivity index (χ0n) is 13.3. The minimum atomic E-state index is -0.203. The summed E-state index contributed by atoms with van der Waals surface area (Å²) in [5.74, 6) is 0.500. The quantitative estimate of drug-likeness (QED) is 0.583. The lowest BCUT2D eigenvalue weighted by atomic mass is 10.1. The Morgan fingerprint density at radius 3 is 2.52 bits per heavy atom. The molecule has 2 aromatic rings. The van der Waals surface area contributed by atoms with Gasteiger partial charge in [-0.2, -0.15) is 5.26 Å². The SMILES string of the molecule is Cc1ccc(SCCC(=O)OCc2ccc(C#N)cc2)cc1C. The van der Waals surface area contributed by atoms with Crippen LogP contribution in [0.25, 0.3) is 0 Å². The number of hydrogen-bond acceptors (Lipinski definition) is 4. The Kier molecular flexibility index (Phi) is 6.25. The van der Waals surface area contributed by atoms with Crippen molar-refractivity contribution in [3.05, 3.63) is 64.7 Å². The second-order valence-electron chi connectivity index (χ2n) is 5.31. The molecular formula is C19H19NO2S. The highest BCUT2D eigenvalue weighted by Gasteiger charge is 2.05. The number of carbonyl (C=O) groups excluding carboxylic acids is 1. The minimum absolute atomic E-state index is 0.203. The molecule has 0 saturated heterocycles. The molecule has 0 bridgehead atoms. The van der Waals surface area contributed by atoms with Gasteiger partial charge in [-0.3, -0.25) is 4.79 Å². The highest BCUT2D eigenvalue weighted by Crippen LogP contribution is 2.21. The molecule has 0 atom stereocenters. The maximum atomic E-state index is 11.8. The molecule has 0 unspecified atom stereocenters. The molecule has 0 radical (unpaired) electrons. The lowest BCUT2D eigenvalue weighted by molar-refractivity contribution is -0.144. The average Bonchev–Trinajstić information content (AvgIpc) is 2.56. The van der Waals surface area contributed by atoms with E-state index in [1.54, 1.807) is 36.0 Å². The predicted octanol–water partition coefficient (Wildman–Crippen LogP) is 4.40. The molecule has 4 heteroatoms. The Labute approximate surface area is 141 Å². The molecule has 0 amide bonds. The fourth-order valence-electron chi connectivity index (χ4n) is 1.97. The van der Waals surface area contributed by atoms with Crippen molar-refractivity contribution >= 4 is 17.7 Å². The Balaban J connectivity index is 1.72. The van der Waals surface area contributed by atoms with E-state index in [9.17, 15) is 4.79 Å². The van der Waals surface area contributed by atoms with Crippen LogP contribution < -0.4 is 0 Å². The van der Waals surface area contributed by atoms with Crippen LogP contribution in [0.4, 0.5) is 0 Å². The van der Waals surface area contributed by atoms with E-state index in [-0.39, 0.29) is 12.6 Å². The molecule has 3 nitrogen and oxygen atoms in total. The maximum absolute atomic E-state index is 11.8. The van der Waals surface area contributed by atoms with E-state index < -0.39 is 0 Å². The fraction of sp³-hybridized carbons (Fsp3) is 0.263. The van der Waals surface area contributed by atoms with Crippen LogP contribution in [0.5, 0.6) is 0 Å². The molecule has 2 rings (SSSR count). The van der Waals surface area contributed by atoms with Crippen molar-refractivity contribution < 1.29 is 9.53 Å². The summed E-state index contributed by atoms with van der Waals surface area (Å²) in [4.78, 5) is 12.9. The third kappa shape index (κ3) is 5.46. The number of aryl methyl sites for hydroxylation is 2. The lowest BCUT2D eigenvalue weighted by Crippen LogP contribution is -2.05. The molecule has 0 N–H and O–H groups in total. The van der Waals surface area contributed by atoms with Gasteiger partial charge in [0, 0.05) is 10.6 Å². The highest BCUT2D eigenvalue weighted by molar-refractivity contribution is 7.99. The van der Waals surface area contributed by atoms with Gasteiger partial charge in [-0.05, 0) is 54.8 Å². The average molecular weight is 325 g/mol. The molecule has 0 aromatic heterocycles. The predicted molar refractivity (Wildman–Crippen MR) is 92.2 cm³/mol. The van der Waals surface area contributed by atoms with Crippen molar-refractivity contribution in [2.24, 2.45) is 0 Å². The van der Waals surface area contributed by atoms with Gasteiger partial charge in [-0.1, -0.05) is 18.2 Å². The van der Waals surface area contributed by atoms with Gasteiger partial charge < -0.3 is 4.74 Å². The van der Waals surface area contributed by atoms with Crippen LogP contribution in [0.2, 0.25) is 0 Å². The molecule has 23 heavy (non-hydrogen) atoms. The third-order valence-electron chi connectivity index (χ3n) is 3.54. The number of benzene rings is 2. The monoisotopic (exact) mass is 325 g/mol. The van der Waals surface area contributed by atoms with Crippen molar-refractivity contribution in [2.75, 3.05) is 5.75 Å². The van der Waals surface area contributed by atoms with E-state index in [0.29, 0.717) is 17.7 Å². The number of ether oxygens (including phenoxy) is 1. The Morgan fingerprint density at radius 2 is 1.87 bits per heavy atom. The lowest BCUT2D eigenvalue weighted by Gasteiger charge is -2.06. The van der Waals surface area contributed by atoms with Crippen LogP contribution in [0.1, 0.15) is 28.7 Å². The molecule has 0 heterocycles. The normalized spacial score (nSPS) is 10.1. The van der Waals surface area contributed by atoms with E-state index in [1.165, 1.54) is 16.0 Å². The molecule has 0 aliphatic heterocycles.